The van der Waals surface area contributed by atoms with Gasteiger partial charge < -0.3 is 10.6 Å². The molecule has 3 rings (SSSR count). The Morgan fingerprint density at radius 1 is 1.00 bits per heavy atom. The van der Waals surface area contributed by atoms with Gasteiger partial charge in [0.2, 0.25) is 0 Å². The molecule has 2 N–H and O–H groups in total. The third-order valence-corrected chi connectivity index (χ3v) is 7.03. The van der Waals surface area contributed by atoms with Crippen LogP contribution < -0.4 is 10.6 Å². The summed E-state index contributed by atoms with van der Waals surface area (Å²) in [5.41, 5.74) is 1.80. The van der Waals surface area contributed by atoms with Crippen LogP contribution in [0.3, 0.4) is 0 Å². The minimum Gasteiger partial charge on any atom is -0.316 e. The first-order valence-corrected chi connectivity index (χ1v) is 12.0. The van der Waals surface area contributed by atoms with Gasteiger partial charge in [-0.05, 0) is 69.6 Å². The van der Waals surface area contributed by atoms with E-state index in [1.165, 1.54) is 102 Å². The number of piperidine rings is 1. The predicted octanol–water partition coefficient (Wildman–Crippen LogP) is 4.97. The zero-order valence-electron chi connectivity index (χ0n) is 18.2. The molecule has 0 aromatic heterocycles. The van der Waals surface area contributed by atoms with E-state index in [9.17, 15) is 0 Å². The van der Waals surface area contributed by atoms with Crippen molar-refractivity contribution in [3.05, 3.63) is 35.9 Å². The Morgan fingerprint density at radius 2 is 1.75 bits per heavy atom. The minimum absolute atomic E-state index is 0.349. The molecule has 0 spiro atoms. The van der Waals surface area contributed by atoms with Crippen LogP contribution in [0, 0.1) is 5.92 Å². The number of unbranched alkanes of at least 4 members (excludes halogenated alkanes) is 1. The molecule has 3 heteroatoms. The molecule has 158 valence electrons. The highest BCUT2D eigenvalue weighted by Crippen LogP contribution is 2.27. The summed E-state index contributed by atoms with van der Waals surface area (Å²) in [7, 11) is 0. The van der Waals surface area contributed by atoms with Gasteiger partial charge in [0.05, 0.1) is 0 Å². The lowest BCUT2D eigenvalue weighted by Gasteiger charge is -2.43. The van der Waals surface area contributed by atoms with Crippen molar-refractivity contribution in [2.24, 2.45) is 5.92 Å². The molecule has 0 unspecified atom stereocenters. The predicted molar refractivity (Wildman–Crippen MR) is 121 cm³/mol. The summed E-state index contributed by atoms with van der Waals surface area (Å²) in [6.07, 6.45) is 13.7. The molecule has 1 aromatic rings. The second-order valence-corrected chi connectivity index (χ2v) is 9.28. The van der Waals surface area contributed by atoms with Crippen molar-refractivity contribution in [1.29, 1.82) is 0 Å². The van der Waals surface area contributed by atoms with Gasteiger partial charge in [0, 0.05) is 25.2 Å². The van der Waals surface area contributed by atoms with Crippen LogP contribution in [-0.4, -0.2) is 43.2 Å². The molecule has 0 radical (unpaired) electrons. The summed E-state index contributed by atoms with van der Waals surface area (Å²) >= 11 is 0. The normalized spacial score (nSPS) is 21.0. The van der Waals surface area contributed by atoms with Gasteiger partial charge in [0.1, 0.15) is 0 Å². The summed E-state index contributed by atoms with van der Waals surface area (Å²) in [5.74, 6) is 0.936. The van der Waals surface area contributed by atoms with Crippen LogP contribution in [0.2, 0.25) is 0 Å². The Kier molecular flexibility index (Phi) is 9.30. The van der Waals surface area contributed by atoms with Gasteiger partial charge in [-0.1, -0.05) is 62.9 Å². The second-order valence-electron chi connectivity index (χ2n) is 9.28. The molecule has 0 amide bonds. The SMILES string of the molecule is CCCCNC1(CCNCC2CCCCC2)CCN(Cc2ccccc2)CC1. The Labute approximate surface area is 173 Å². The molecule has 1 saturated heterocycles. The Bertz CT molecular complexity index is 516. The maximum absolute atomic E-state index is 3.99. The lowest BCUT2D eigenvalue weighted by Crippen LogP contribution is -2.54. The highest BCUT2D eigenvalue weighted by Gasteiger charge is 2.33. The average Bonchev–Trinajstić information content (AvgIpc) is 2.75. The van der Waals surface area contributed by atoms with E-state index in [1.54, 1.807) is 0 Å². The number of likely N-dealkylation sites (tertiary alicyclic amines) is 1. The van der Waals surface area contributed by atoms with Crippen LogP contribution in [0.5, 0.6) is 0 Å². The summed E-state index contributed by atoms with van der Waals surface area (Å²) in [6.45, 7) is 9.43. The number of nitrogens with one attached hydrogen (secondary N) is 2. The molecule has 28 heavy (non-hydrogen) atoms. The summed E-state index contributed by atoms with van der Waals surface area (Å²) in [4.78, 5) is 2.64. The monoisotopic (exact) mass is 385 g/mol. The van der Waals surface area contributed by atoms with Crippen LogP contribution in [0.1, 0.15) is 76.7 Å². The first-order chi connectivity index (χ1) is 13.8. The van der Waals surface area contributed by atoms with Gasteiger partial charge in [-0.15, -0.1) is 0 Å². The summed E-state index contributed by atoms with van der Waals surface area (Å²) < 4.78 is 0. The molecule has 1 aliphatic heterocycles. The fourth-order valence-electron chi connectivity index (χ4n) is 5.05. The first-order valence-electron chi connectivity index (χ1n) is 12.0. The molecule has 2 fully saturated rings. The zero-order chi connectivity index (χ0) is 19.5. The van der Waals surface area contributed by atoms with Crippen LogP contribution in [-0.2, 0) is 6.54 Å². The molecular formula is C25H43N3. The topological polar surface area (TPSA) is 27.3 Å². The van der Waals surface area contributed by atoms with Crippen molar-refractivity contribution in [3.8, 4) is 0 Å². The van der Waals surface area contributed by atoms with Gasteiger partial charge in [0.15, 0.2) is 0 Å². The number of rotatable bonds is 11. The zero-order valence-corrected chi connectivity index (χ0v) is 18.2. The third kappa shape index (κ3) is 7.17. The van der Waals surface area contributed by atoms with Crippen molar-refractivity contribution in [2.75, 3.05) is 32.7 Å². The van der Waals surface area contributed by atoms with Gasteiger partial charge in [0.25, 0.3) is 0 Å². The fraction of sp³-hybridized carbons (Fsp3) is 0.760. The lowest BCUT2D eigenvalue weighted by molar-refractivity contribution is 0.121. The van der Waals surface area contributed by atoms with Crippen LogP contribution in [0.4, 0.5) is 0 Å². The molecule has 1 aliphatic carbocycles. The van der Waals surface area contributed by atoms with E-state index < -0.39 is 0 Å². The summed E-state index contributed by atoms with van der Waals surface area (Å²) in [5, 5.41) is 7.81. The maximum atomic E-state index is 3.99. The molecular weight excluding hydrogens is 342 g/mol. The smallest absolute Gasteiger partial charge is 0.0233 e. The highest BCUT2D eigenvalue weighted by atomic mass is 15.2. The Morgan fingerprint density at radius 3 is 2.46 bits per heavy atom. The van der Waals surface area contributed by atoms with Crippen molar-refractivity contribution < 1.29 is 0 Å². The second kappa shape index (κ2) is 11.9. The molecule has 0 bridgehead atoms. The van der Waals surface area contributed by atoms with E-state index in [1.807, 2.05) is 0 Å². The van der Waals surface area contributed by atoms with Crippen LogP contribution in [0.15, 0.2) is 30.3 Å². The molecule has 0 atom stereocenters. The molecule has 1 saturated carbocycles. The van der Waals surface area contributed by atoms with E-state index in [0.29, 0.717) is 5.54 Å². The lowest BCUT2D eigenvalue weighted by atomic mass is 9.83. The van der Waals surface area contributed by atoms with E-state index in [4.69, 9.17) is 0 Å². The largest absolute Gasteiger partial charge is 0.316 e. The number of benzene rings is 1. The van der Waals surface area contributed by atoms with E-state index in [-0.39, 0.29) is 0 Å². The average molecular weight is 386 g/mol. The number of hydrogen-bond acceptors (Lipinski definition) is 3. The van der Waals surface area contributed by atoms with Crippen LogP contribution in [0.25, 0.3) is 0 Å². The molecule has 1 heterocycles. The van der Waals surface area contributed by atoms with Crippen molar-refractivity contribution >= 4 is 0 Å². The summed E-state index contributed by atoms with van der Waals surface area (Å²) in [6, 6.07) is 11.0. The standard InChI is InChI=1S/C25H43N3/c1-2-3-17-27-25(14-18-26-21-23-10-6-4-7-11-23)15-19-28(20-16-25)22-24-12-8-5-9-13-24/h5,8-9,12-13,23,26-27H,2-4,6-7,10-11,14-22H2,1H3. The van der Waals surface area contributed by atoms with E-state index >= 15 is 0 Å². The molecule has 1 aromatic carbocycles. The molecule has 3 nitrogen and oxygen atoms in total. The number of nitrogens with zero attached hydrogens (tertiary/aromatic N) is 1. The van der Waals surface area contributed by atoms with E-state index in [0.717, 1.165) is 12.5 Å². The van der Waals surface area contributed by atoms with E-state index in [2.05, 4.69) is 52.8 Å². The quantitative estimate of drug-likeness (QED) is 0.527. The van der Waals surface area contributed by atoms with Gasteiger partial charge in [-0.3, -0.25) is 4.90 Å². The fourth-order valence-corrected chi connectivity index (χ4v) is 5.05. The van der Waals surface area contributed by atoms with Crippen molar-refractivity contribution in [1.82, 2.24) is 15.5 Å². The maximum Gasteiger partial charge on any atom is 0.0233 e. The minimum atomic E-state index is 0.349. The highest BCUT2D eigenvalue weighted by molar-refractivity contribution is 5.14. The van der Waals surface area contributed by atoms with Crippen LogP contribution >= 0.6 is 0 Å². The first kappa shape index (κ1) is 21.8. The third-order valence-electron chi connectivity index (χ3n) is 7.03. The van der Waals surface area contributed by atoms with Gasteiger partial charge in [-0.2, -0.15) is 0 Å². The van der Waals surface area contributed by atoms with Crippen molar-refractivity contribution in [3.63, 3.8) is 0 Å². The van der Waals surface area contributed by atoms with Gasteiger partial charge in [-0.25, -0.2) is 0 Å². The van der Waals surface area contributed by atoms with Gasteiger partial charge >= 0.3 is 0 Å². The number of hydrogen-bond donors (Lipinski definition) is 2. The Balaban J connectivity index is 1.43. The molecule has 2 aliphatic rings. The Hall–Kier alpha value is -0.900. The van der Waals surface area contributed by atoms with Crippen molar-refractivity contribution in [2.45, 2.75) is 83.2 Å².